The fraction of sp³-hybridized carbons (Fsp3) is 0.667. The summed E-state index contributed by atoms with van der Waals surface area (Å²) in [7, 11) is 0. The number of rotatable bonds is 3. The molecule has 0 radical (unpaired) electrons. The number of anilines is 1. The van der Waals surface area contributed by atoms with Crippen LogP contribution in [0.3, 0.4) is 0 Å². The van der Waals surface area contributed by atoms with Crippen molar-refractivity contribution in [1.82, 2.24) is 14.9 Å². The number of carbonyl (C=O) groups is 1. The van der Waals surface area contributed by atoms with E-state index in [4.69, 9.17) is 4.74 Å². The Bertz CT molecular complexity index is 567. The van der Waals surface area contributed by atoms with Gasteiger partial charge in [0.05, 0.1) is 25.1 Å². The molecule has 0 bridgehead atoms. The molecule has 1 amide bonds. The molecule has 0 N–H and O–H groups in total. The molecule has 1 aromatic heterocycles. The Kier molecular flexibility index (Phi) is 3.44. The van der Waals surface area contributed by atoms with Crippen molar-refractivity contribution in [2.75, 3.05) is 37.7 Å². The number of amides is 1. The van der Waals surface area contributed by atoms with E-state index in [-0.39, 0.29) is 12.0 Å². The van der Waals surface area contributed by atoms with Gasteiger partial charge in [-0.25, -0.2) is 14.4 Å². The molecule has 7 heteroatoms. The maximum absolute atomic E-state index is 12.9. The number of fused-ring (bicyclic) bond motifs is 1. The van der Waals surface area contributed by atoms with E-state index in [1.54, 1.807) is 0 Å². The van der Waals surface area contributed by atoms with Crippen LogP contribution in [-0.2, 0) is 9.53 Å². The molecule has 3 aliphatic heterocycles. The van der Waals surface area contributed by atoms with Gasteiger partial charge in [-0.05, 0) is 6.42 Å². The first kappa shape index (κ1) is 13.9. The summed E-state index contributed by atoms with van der Waals surface area (Å²) in [5.74, 6) is 1.15. The van der Waals surface area contributed by atoms with E-state index < -0.39 is 5.82 Å². The molecule has 0 aliphatic carbocycles. The third-order valence-corrected chi connectivity index (χ3v) is 4.95. The van der Waals surface area contributed by atoms with Gasteiger partial charge in [0.2, 0.25) is 11.9 Å². The van der Waals surface area contributed by atoms with Crippen LogP contribution in [-0.4, -0.2) is 59.7 Å². The van der Waals surface area contributed by atoms with E-state index >= 15 is 0 Å². The van der Waals surface area contributed by atoms with Gasteiger partial charge < -0.3 is 14.5 Å². The minimum atomic E-state index is -0.426. The first-order valence-electron chi connectivity index (χ1n) is 7.82. The minimum absolute atomic E-state index is 0.163. The molecule has 3 atom stereocenters. The van der Waals surface area contributed by atoms with E-state index in [0.717, 1.165) is 39.2 Å². The molecular weight excluding hydrogens is 287 g/mol. The molecule has 3 fully saturated rings. The Balaban J connectivity index is 1.42. The summed E-state index contributed by atoms with van der Waals surface area (Å²) in [5, 5.41) is 0. The lowest BCUT2D eigenvalue weighted by Gasteiger charge is -2.24. The van der Waals surface area contributed by atoms with Crippen LogP contribution >= 0.6 is 0 Å². The highest BCUT2D eigenvalue weighted by molar-refractivity contribution is 5.78. The number of hydrogen-bond acceptors (Lipinski definition) is 5. The zero-order valence-corrected chi connectivity index (χ0v) is 12.3. The molecule has 3 aliphatic rings. The van der Waals surface area contributed by atoms with Crippen molar-refractivity contribution in [3.63, 3.8) is 0 Å². The molecule has 0 spiro atoms. The summed E-state index contributed by atoms with van der Waals surface area (Å²) in [6, 6.07) is 0. The highest BCUT2D eigenvalue weighted by atomic mass is 19.1. The number of likely N-dealkylation sites (tertiary alicyclic amines) is 1. The molecule has 6 nitrogen and oxygen atoms in total. The summed E-state index contributed by atoms with van der Waals surface area (Å²) in [4.78, 5) is 23.9. The molecule has 0 saturated carbocycles. The van der Waals surface area contributed by atoms with Crippen molar-refractivity contribution >= 4 is 11.9 Å². The maximum atomic E-state index is 12.9. The average molecular weight is 306 g/mol. The second kappa shape index (κ2) is 5.46. The standard InChI is InChI=1S/C15H19FN4O2/c16-11-4-17-15(18-5-11)20-7-12-10(9-22-13(12)8-20)6-19-3-1-2-14(19)21/h4-5,10,12-13H,1-3,6-9H2/t10-,12-,13-/m1/s1. The van der Waals surface area contributed by atoms with Crippen LogP contribution in [0.15, 0.2) is 12.4 Å². The number of hydrogen-bond donors (Lipinski definition) is 0. The van der Waals surface area contributed by atoms with Gasteiger partial charge in [-0.15, -0.1) is 0 Å². The molecule has 1 aromatic rings. The van der Waals surface area contributed by atoms with Crippen molar-refractivity contribution in [1.29, 1.82) is 0 Å². The number of ether oxygens (including phenoxy) is 1. The van der Waals surface area contributed by atoms with Gasteiger partial charge in [-0.3, -0.25) is 4.79 Å². The summed E-state index contributed by atoms with van der Waals surface area (Å²) in [6.07, 6.45) is 4.19. The first-order chi connectivity index (χ1) is 10.7. The minimum Gasteiger partial charge on any atom is -0.376 e. The molecule has 0 aromatic carbocycles. The highest BCUT2D eigenvalue weighted by Crippen LogP contribution is 2.35. The Labute approximate surface area is 128 Å². The molecule has 22 heavy (non-hydrogen) atoms. The topological polar surface area (TPSA) is 58.6 Å². The van der Waals surface area contributed by atoms with E-state index in [1.807, 2.05) is 9.80 Å². The predicted octanol–water partition coefficient (Wildman–Crippen LogP) is 0.689. The molecular formula is C15H19FN4O2. The third-order valence-electron chi connectivity index (χ3n) is 4.95. The zero-order valence-electron chi connectivity index (χ0n) is 12.3. The lowest BCUT2D eigenvalue weighted by Crippen LogP contribution is -2.35. The monoisotopic (exact) mass is 306 g/mol. The van der Waals surface area contributed by atoms with Crippen molar-refractivity contribution in [2.24, 2.45) is 11.8 Å². The lowest BCUT2D eigenvalue weighted by molar-refractivity contribution is -0.128. The van der Waals surface area contributed by atoms with E-state index in [1.165, 1.54) is 12.4 Å². The van der Waals surface area contributed by atoms with Crippen LogP contribution in [0.2, 0.25) is 0 Å². The fourth-order valence-corrected chi connectivity index (χ4v) is 3.80. The van der Waals surface area contributed by atoms with Crippen LogP contribution in [0.25, 0.3) is 0 Å². The summed E-state index contributed by atoms with van der Waals surface area (Å²) in [6.45, 7) is 3.93. The lowest BCUT2D eigenvalue weighted by atomic mass is 9.93. The molecule has 4 heterocycles. The van der Waals surface area contributed by atoms with Gasteiger partial charge in [-0.2, -0.15) is 0 Å². The van der Waals surface area contributed by atoms with Crippen molar-refractivity contribution in [3.8, 4) is 0 Å². The fourth-order valence-electron chi connectivity index (χ4n) is 3.80. The summed E-state index contributed by atoms with van der Waals surface area (Å²) in [5.41, 5.74) is 0. The molecule has 3 saturated heterocycles. The number of halogens is 1. The quantitative estimate of drug-likeness (QED) is 0.822. The number of aromatic nitrogens is 2. The van der Waals surface area contributed by atoms with E-state index in [0.29, 0.717) is 24.2 Å². The highest BCUT2D eigenvalue weighted by Gasteiger charge is 2.45. The molecule has 0 unspecified atom stereocenters. The van der Waals surface area contributed by atoms with Crippen LogP contribution in [0, 0.1) is 17.7 Å². The van der Waals surface area contributed by atoms with Gasteiger partial charge in [-0.1, -0.05) is 0 Å². The Morgan fingerprint density at radius 1 is 1.32 bits per heavy atom. The van der Waals surface area contributed by atoms with Crippen LogP contribution in [0.4, 0.5) is 10.3 Å². The zero-order chi connectivity index (χ0) is 15.1. The molecule has 118 valence electrons. The molecule has 4 rings (SSSR count). The van der Waals surface area contributed by atoms with E-state index in [9.17, 15) is 9.18 Å². The Morgan fingerprint density at radius 2 is 2.14 bits per heavy atom. The number of nitrogens with zero attached hydrogens (tertiary/aromatic N) is 4. The van der Waals surface area contributed by atoms with Crippen molar-refractivity contribution < 1.29 is 13.9 Å². The normalized spacial score (nSPS) is 31.1. The Morgan fingerprint density at radius 3 is 2.86 bits per heavy atom. The summed E-state index contributed by atoms with van der Waals surface area (Å²) >= 11 is 0. The number of carbonyl (C=O) groups excluding carboxylic acids is 1. The van der Waals surface area contributed by atoms with Gasteiger partial charge >= 0.3 is 0 Å². The van der Waals surface area contributed by atoms with Crippen LogP contribution < -0.4 is 4.90 Å². The Hall–Kier alpha value is -1.76. The second-order valence-electron chi connectivity index (χ2n) is 6.35. The average Bonchev–Trinajstić information content (AvgIpc) is 3.18. The predicted molar refractivity (Wildman–Crippen MR) is 76.7 cm³/mol. The van der Waals surface area contributed by atoms with Crippen molar-refractivity contribution in [3.05, 3.63) is 18.2 Å². The van der Waals surface area contributed by atoms with Gasteiger partial charge in [0.25, 0.3) is 0 Å². The largest absolute Gasteiger partial charge is 0.376 e. The van der Waals surface area contributed by atoms with Crippen LogP contribution in [0.1, 0.15) is 12.8 Å². The van der Waals surface area contributed by atoms with Crippen molar-refractivity contribution in [2.45, 2.75) is 18.9 Å². The smallest absolute Gasteiger partial charge is 0.225 e. The van der Waals surface area contributed by atoms with Crippen LogP contribution in [0.5, 0.6) is 0 Å². The first-order valence-corrected chi connectivity index (χ1v) is 7.82. The SMILES string of the molecule is O=C1CCCN1C[C@@H]1CO[C@@H]2CN(c3ncc(F)cn3)C[C@H]12. The maximum Gasteiger partial charge on any atom is 0.225 e. The van der Waals surface area contributed by atoms with E-state index in [2.05, 4.69) is 9.97 Å². The second-order valence-corrected chi connectivity index (χ2v) is 6.35. The van der Waals surface area contributed by atoms with Gasteiger partial charge in [0.15, 0.2) is 5.82 Å². The van der Waals surface area contributed by atoms with Gasteiger partial charge in [0, 0.05) is 44.4 Å². The summed E-state index contributed by atoms with van der Waals surface area (Å²) < 4.78 is 18.8. The third kappa shape index (κ3) is 2.43. The van der Waals surface area contributed by atoms with Gasteiger partial charge in [0.1, 0.15) is 0 Å².